The maximum absolute atomic E-state index is 13.4. The van der Waals surface area contributed by atoms with Crippen LogP contribution in [0, 0.1) is 11.7 Å². The molecule has 0 aliphatic heterocycles. The van der Waals surface area contributed by atoms with Gasteiger partial charge in [-0.15, -0.1) is 0 Å². The summed E-state index contributed by atoms with van der Waals surface area (Å²) in [6, 6.07) is 0.861. The van der Waals surface area contributed by atoms with Crippen LogP contribution < -0.4 is 50.4 Å². The zero-order valence-electron chi connectivity index (χ0n) is 25.7. The third-order valence-corrected chi connectivity index (χ3v) is 6.60. The fraction of sp³-hybridized carbons (Fsp3) is 0.571. The van der Waals surface area contributed by atoms with Gasteiger partial charge in [-0.2, -0.15) is 0 Å². The number of hydrogen-bond donors (Lipinski definition) is 10. The van der Waals surface area contributed by atoms with Gasteiger partial charge in [0.15, 0.2) is 18.0 Å². The Morgan fingerprint density at radius 1 is 0.800 bits per heavy atom. The highest BCUT2D eigenvalue weighted by Crippen LogP contribution is 2.12. The predicted octanol–water partition coefficient (Wildman–Crippen LogP) is -2.85. The number of aliphatic hydroxyl groups excluding tert-OH is 1. The summed E-state index contributed by atoms with van der Waals surface area (Å²) in [5.41, 5.74) is 33.3. The van der Waals surface area contributed by atoms with Gasteiger partial charge in [-0.25, -0.2) is 4.39 Å². The first-order chi connectivity index (χ1) is 21.1. The number of primary amides is 1. The average Bonchev–Trinajstić information content (AvgIpc) is 2.95. The van der Waals surface area contributed by atoms with E-state index in [4.69, 9.17) is 34.4 Å². The Labute approximate surface area is 262 Å². The molecule has 0 spiro atoms. The first kappa shape index (κ1) is 38.5. The van der Waals surface area contributed by atoms with E-state index in [1.165, 1.54) is 24.3 Å². The van der Waals surface area contributed by atoms with Gasteiger partial charge in [-0.05, 0) is 55.7 Å². The minimum absolute atomic E-state index is 0.0502. The molecule has 0 bridgehead atoms. The highest BCUT2D eigenvalue weighted by molar-refractivity contribution is 5.91. The summed E-state index contributed by atoms with van der Waals surface area (Å²) >= 11 is 0. The molecule has 0 aromatic heterocycles. The Hall–Kier alpha value is -4.51. The highest BCUT2D eigenvalue weighted by Gasteiger charge is 2.33. The van der Waals surface area contributed by atoms with E-state index in [0.29, 0.717) is 18.4 Å². The highest BCUT2D eigenvalue weighted by atomic mass is 19.1. The summed E-state index contributed by atoms with van der Waals surface area (Å²) in [6.07, 6.45) is -0.617. The molecule has 0 fully saturated rings. The molecule has 0 saturated carbocycles. The van der Waals surface area contributed by atoms with Crippen LogP contribution >= 0.6 is 0 Å². The van der Waals surface area contributed by atoms with Crippen molar-refractivity contribution in [2.45, 2.75) is 82.6 Å². The molecule has 1 aromatic rings. The predicted molar refractivity (Wildman–Crippen MR) is 168 cm³/mol. The molecular formula is C28H48FN11O5. The van der Waals surface area contributed by atoms with Crippen LogP contribution in [0.15, 0.2) is 34.3 Å². The number of hydrogen-bond acceptors (Lipinski definition) is 8. The van der Waals surface area contributed by atoms with Crippen molar-refractivity contribution in [3.63, 3.8) is 0 Å². The molecule has 45 heavy (non-hydrogen) atoms. The van der Waals surface area contributed by atoms with Gasteiger partial charge in [0, 0.05) is 19.5 Å². The minimum Gasteiger partial charge on any atom is -0.381 e. The number of nitrogens with two attached hydrogens (primary N) is 6. The van der Waals surface area contributed by atoms with E-state index in [1.54, 1.807) is 0 Å². The second-order valence-corrected chi connectivity index (χ2v) is 11.0. The second kappa shape index (κ2) is 19.7. The Bertz CT molecular complexity index is 1170. The monoisotopic (exact) mass is 637 g/mol. The topological polar surface area (TPSA) is 305 Å². The molecule has 16 nitrogen and oxygen atoms in total. The number of aliphatic hydroxyl groups is 1. The molecule has 1 aromatic carbocycles. The van der Waals surface area contributed by atoms with E-state index in [1.807, 2.05) is 13.8 Å². The van der Waals surface area contributed by atoms with Gasteiger partial charge in [0.25, 0.3) is 5.91 Å². The molecule has 0 aliphatic rings. The Morgan fingerprint density at radius 3 is 1.84 bits per heavy atom. The van der Waals surface area contributed by atoms with Gasteiger partial charge in [0.05, 0.1) is 12.1 Å². The Balaban J connectivity index is 3.05. The van der Waals surface area contributed by atoms with E-state index in [-0.39, 0.29) is 56.6 Å². The Morgan fingerprint density at radius 2 is 1.33 bits per heavy atom. The second-order valence-electron chi connectivity index (χ2n) is 11.0. The lowest BCUT2D eigenvalue weighted by Gasteiger charge is -2.29. The van der Waals surface area contributed by atoms with Gasteiger partial charge in [0.2, 0.25) is 17.7 Å². The molecule has 1 rings (SSSR count). The quantitative estimate of drug-likeness (QED) is 0.0396. The number of halogens is 1. The lowest BCUT2D eigenvalue weighted by molar-refractivity contribution is -0.136. The summed E-state index contributed by atoms with van der Waals surface area (Å²) in [6.45, 7) is 4.08. The molecular weight excluding hydrogens is 589 g/mol. The fourth-order valence-corrected chi connectivity index (χ4v) is 4.28. The zero-order chi connectivity index (χ0) is 34.1. The molecule has 4 amide bonds. The number of carbonyl (C=O) groups excluding carboxylic acids is 4. The van der Waals surface area contributed by atoms with Crippen molar-refractivity contribution < 1.29 is 28.7 Å². The number of aliphatic imine (C=N–C) groups is 2. The van der Waals surface area contributed by atoms with Crippen LogP contribution in [0.25, 0.3) is 0 Å². The lowest BCUT2D eigenvalue weighted by atomic mass is 9.97. The minimum atomic E-state index is -1.79. The summed E-state index contributed by atoms with van der Waals surface area (Å²) in [5.74, 6) is -3.90. The van der Waals surface area contributed by atoms with Gasteiger partial charge in [-0.3, -0.25) is 29.2 Å². The number of benzene rings is 1. The lowest BCUT2D eigenvalue weighted by Crippen LogP contribution is -2.58. The fourth-order valence-electron chi connectivity index (χ4n) is 4.28. The van der Waals surface area contributed by atoms with Crippen LogP contribution in [0.1, 0.15) is 51.5 Å². The van der Waals surface area contributed by atoms with E-state index in [0.717, 1.165) is 0 Å². The van der Waals surface area contributed by atoms with Crippen molar-refractivity contribution in [3.05, 3.63) is 35.6 Å². The average molecular weight is 638 g/mol. The molecule has 16 N–H and O–H groups in total. The molecule has 17 heteroatoms. The summed E-state index contributed by atoms with van der Waals surface area (Å²) in [5, 5.41) is 18.7. The van der Waals surface area contributed by atoms with Crippen LogP contribution in [0.4, 0.5) is 4.39 Å². The zero-order valence-corrected chi connectivity index (χ0v) is 25.7. The van der Waals surface area contributed by atoms with Crippen molar-refractivity contribution in [2.24, 2.45) is 50.3 Å². The van der Waals surface area contributed by atoms with Crippen LogP contribution in [0.5, 0.6) is 0 Å². The molecule has 0 radical (unpaired) electrons. The van der Waals surface area contributed by atoms with Gasteiger partial charge >= 0.3 is 0 Å². The molecule has 0 saturated heterocycles. The third-order valence-electron chi connectivity index (χ3n) is 6.60. The summed E-state index contributed by atoms with van der Waals surface area (Å²) in [4.78, 5) is 59.1. The third kappa shape index (κ3) is 15.7. The molecule has 252 valence electrons. The molecule has 5 atom stereocenters. The smallest absolute Gasteiger partial charge is 0.251 e. The maximum Gasteiger partial charge on any atom is 0.251 e. The van der Waals surface area contributed by atoms with Crippen LogP contribution in [-0.2, 0) is 25.6 Å². The van der Waals surface area contributed by atoms with E-state index in [9.17, 15) is 28.7 Å². The summed E-state index contributed by atoms with van der Waals surface area (Å²) in [7, 11) is 0. The first-order valence-corrected chi connectivity index (χ1v) is 14.6. The number of guanidine groups is 2. The van der Waals surface area contributed by atoms with Gasteiger partial charge < -0.3 is 55.5 Å². The van der Waals surface area contributed by atoms with E-state index >= 15 is 0 Å². The van der Waals surface area contributed by atoms with Crippen molar-refractivity contribution in [2.75, 3.05) is 13.1 Å². The SMILES string of the molecule is CC(C)C[C@H](NC(=O)[C@H](CCCN=C(N)N)NC(=O)[C@@H](N)CCCN=C(N)N)[C@H](O)C(=O)N[C@@H](Cc1ccc(F)cc1)C(N)=O. The van der Waals surface area contributed by atoms with Crippen molar-refractivity contribution in [1.82, 2.24) is 16.0 Å². The van der Waals surface area contributed by atoms with Crippen LogP contribution in [0.2, 0.25) is 0 Å². The van der Waals surface area contributed by atoms with Crippen molar-refractivity contribution >= 4 is 35.5 Å². The number of amides is 4. The molecule has 0 heterocycles. The first-order valence-electron chi connectivity index (χ1n) is 14.6. The number of nitrogens with zero attached hydrogens (tertiary/aromatic N) is 2. The van der Waals surface area contributed by atoms with E-state index in [2.05, 4.69) is 25.9 Å². The Kier molecular flexibility index (Phi) is 16.9. The van der Waals surface area contributed by atoms with Crippen molar-refractivity contribution in [3.8, 4) is 0 Å². The normalized spacial score (nSPS) is 14.3. The van der Waals surface area contributed by atoms with Gasteiger partial charge in [-0.1, -0.05) is 26.0 Å². The maximum atomic E-state index is 13.4. The van der Waals surface area contributed by atoms with Gasteiger partial charge in [0.1, 0.15) is 17.9 Å². The molecule has 0 unspecified atom stereocenters. The number of carbonyl (C=O) groups is 4. The summed E-state index contributed by atoms with van der Waals surface area (Å²) < 4.78 is 13.3. The van der Waals surface area contributed by atoms with Crippen LogP contribution in [-0.4, -0.2) is 84.0 Å². The largest absolute Gasteiger partial charge is 0.381 e. The standard InChI is InChI=1S/C28H48FN11O5/c1-15(2)13-20(22(41)26(45)40-21(23(31)42)14-16-7-9-17(29)10-8-16)39-25(44)19(6-4-12-37-28(34)35)38-24(43)18(30)5-3-11-36-27(32)33/h7-10,15,18-22,41H,3-6,11-14,30H2,1-2H3,(H2,31,42)(H,38,43)(H,39,44)(H,40,45)(H4,32,33,36)(H4,34,35,37)/t18-,19-,20-,21-,22-/m0/s1. The van der Waals surface area contributed by atoms with Crippen molar-refractivity contribution in [1.29, 1.82) is 0 Å². The number of rotatable bonds is 20. The molecule has 0 aliphatic carbocycles. The van der Waals surface area contributed by atoms with Crippen LogP contribution in [0.3, 0.4) is 0 Å². The van der Waals surface area contributed by atoms with E-state index < -0.39 is 59.7 Å². The number of nitrogens with one attached hydrogen (secondary N) is 3.